The van der Waals surface area contributed by atoms with E-state index in [0.29, 0.717) is 6.04 Å². The molecule has 2 heteroatoms. The minimum atomic E-state index is 0.597. The molecular weight excluding hydrogens is 222 g/mol. The smallest absolute Gasteiger partial charge is 0.119 e. The lowest BCUT2D eigenvalue weighted by Gasteiger charge is -2.22. The van der Waals surface area contributed by atoms with Crippen LogP contribution in [-0.2, 0) is 6.42 Å². The van der Waals surface area contributed by atoms with Gasteiger partial charge in [0, 0.05) is 12.1 Å². The van der Waals surface area contributed by atoms with E-state index in [1.165, 1.54) is 37.7 Å². The number of rotatable bonds is 6. The molecule has 100 valence electrons. The highest BCUT2D eigenvalue weighted by atomic mass is 16.5. The Hall–Kier alpha value is -1.02. The van der Waals surface area contributed by atoms with Crippen molar-refractivity contribution in [1.29, 1.82) is 0 Å². The minimum Gasteiger partial charge on any atom is -0.497 e. The highest BCUT2D eigenvalue weighted by Gasteiger charge is 2.18. The van der Waals surface area contributed by atoms with Gasteiger partial charge in [-0.25, -0.2) is 0 Å². The standard InChI is InChI=1S/C16H25NO/c1-3-14(17-15-8-4-5-9-15)11-13-7-6-10-16(12-13)18-2/h6-7,10,12,14-15,17H,3-5,8-9,11H2,1-2H3. The predicted molar refractivity (Wildman–Crippen MR) is 76.2 cm³/mol. The molecule has 0 spiro atoms. The molecule has 0 saturated heterocycles. The third kappa shape index (κ3) is 3.74. The molecule has 1 aliphatic carbocycles. The lowest BCUT2D eigenvalue weighted by molar-refractivity contribution is 0.408. The van der Waals surface area contributed by atoms with E-state index in [1.54, 1.807) is 7.11 Å². The summed E-state index contributed by atoms with van der Waals surface area (Å²) < 4.78 is 5.28. The first-order valence-corrected chi connectivity index (χ1v) is 7.20. The predicted octanol–water partition coefficient (Wildman–Crippen LogP) is 3.55. The Balaban J connectivity index is 1.91. The van der Waals surface area contributed by atoms with Crippen molar-refractivity contribution in [3.8, 4) is 5.75 Å². The quantitative estimate of drug-likeness (QED) is 0.830. The molecule has 0 aliphatic heterocycles. The molecule has 0 radical (unpaired) electrons. The van der Waals surface area contributed by atoms with E-state index in [4.69, 9.17) is 4.74 Å². The molecular formula is C16H25NO. The van der Waals surface area contributed by atoms with Crippen molar-refractivity contribution >= 4 is 0 Å². The summed E-state index contributed by atoms with van der Waals surface area (Å²) in [5, 5.41) is 3.81. The summed E-state index contributed by atoms with van der Waals surface area (Å²) in [4.78, 5) is 0. The molecule has 1 unspecified atom stereocenters. The summed E-state index contributed by atoms with van der Waals surface area (Å²) in [6, 6.07) is 9.78. The van der Waals surface area contributed by atoms with Crippen LogP contribution in [0.2, 0.25) is 0 Å². The van der Waals surface area contributed by atoms with Crippen molar-refractivity contribution in [3.05, 3.63) is 29.8 Å². The number of methoxy groups -OCH3 is 1. The second kappa shape index (κ2) is 6.79. The summed E-state index contributed by atoms with van der Waals surface area (Å²) in [5.74, 6) is 0.961. The average molecular weight is 247 g/mol. The van der Waals surface area contributed by atoms with Gasteiger partial charge in [-0.2, -0.15) is 0 Å². The van der Waals surface area contributed by atoms with Crippen molar-refractivity contribution in [2.45, 2.75) is 57.5 Å². The fourth-order valence-electron chi connectivity index (χ4n) is 2.83. The third-order valence-electron chi connectivity index (χ3n) is 3.94. The average Bonchev–Trinajstić information content (AvgIpc) is 2.91. The van der Waals surface area contributed by atoms with Crippen LogP contribution in [-0.4, -0.2) is 19.2 Å². The van der Waals surface area contributed by atoms with Crippen molar-refractivity contribution < 1.29 is 4.74 Å². The molecule has 1 aromatic rings. The molecule has 0 heterocycles. The molecule has 2 rings (SSSR count). The normalized spacial score (nSPS) is 17.9. The van der Waals surface area contributed by atoms with Gasteiger partial charge in [-0.1, -0.05) is 31.9 Å². The zero-order valence-electron chi connectivity index (χ0n) is 11.6. The second-order valence-electron chi connectivity index (χ2n) is 5.31. The first-order valence-electron chi connectivity index (χ1n) is 7.20. The zero-order valence-corrected chi connectivity index (χ0v) is 11.6. The van der Waals surface area contributed by atoms with Crippen LogP contribution in [0.15, 0.2) is 24.3 Å². The number of ether oxygens (including phenoxy) is 1. The maximum Gasteiger partial charge on any atom is 0.119 e. The van der Waals surface area contributed by atoms with Crippen LogP contribution in [0.3, 0.4) is 0 Å². The molecule has 0 aromatic heterocycles. The van der Waals surface area contributed by atoms with Gasteiger partial charge in [0.15, 0.2) is 0 Å². The first-order chi connectivity index (χ1) is 8.81. The van der Waals surface area contributed by atoms with E-state index < -0.39 is 0 Å². The first kappa shape index (κ1) is 13.4. The molecule has 2 nitrogen and oxygen atoms in total. The molecule has 1 atom stereocenters. The van der Waals surface area contributed by atoms with Crippen LogP contribution in [0.4, 0.5) is 0 Å². The van der Waals surface area contributed by atoms with Gasteiger partial charge in [0.2, 0.25) is 0 Å². The van der Waals surface area contributed by atoms with Crippen LogP contribution in [0.5, 0.6) is 5.75 Å². The molecule has 0 amide bonds. The monoisotopic (exact) mass is 247 g/mol. The summed E-state index contributed by atoms with van der Waals surface area (Å²) >= 11 is 0. The fraction of sp³-hybridized carbons (Fsp3) is 0.625. The van der Waals surface area contributed by atoms with Gasteiger partial charge in [0.1, 0.15) is 5.75 Å². The molecule has 1 aromatic carbocycles. The van der Waals surface area contributed by atoms with Gasteiger partial charge in [-0.05, 0) is 43.4 Å². The van der Waals surface area contributed by atoms with Gasteiger partial charge in [0.25, 0.3) is 0 Å². The Morgan fingerprint density at radius 3 is 2.78 bits per heavy atom. The van der Waals surface area contributed by atoms with E-state index in [-0.39, 0.29) is 0 Å². The van der Waals surface area contributed by atoms with E-state index in [0.717, 1.165) is 18.2 Å². The molecule has 1 N–H and O–H groups in total. The van der Waals surface area contributed by atoms with Gasteiger partial charge in [0.05, 0.1) is 7.11 Å². The van der Waals surface area contributed by atoms with Crippen LogP contribution >= 0.6 is 0 Å². The number of hydrogen-bond donors (Lipinski definition) is 1. The third-order valence-corrected chi connectivity index (χ3v) is 3.94. The Bertz CT molecular complexity index is 358. The van der Waals surface area contributed by atoms with Crippen molar-refractivity contribution in [3.63, 3.8) is 0 Å². The van der Waals surface area contributed by atoms with Crippen LogP contribution < -0.4 is 10.1 Å². The van der Waals surface area contributed by atoms with Crippen molar-refractivity contribution in [1.82, 2.24) is 5.32 Å². The van der Waals surface area contributed by atoms with Crippen molar-refractivity contribution in [2.24, 2.45) is 0 Å². The van der Waals surface area contributed by atoms with Gasteiger partial charge >= 0.3 is 0 Å². The van der Waals surface area contributed by atoms with E-state index >= 15 is 0 Å². The maximum atomic E-state index is 5.28. The van der Waals surface area contributed by atoms with Gasteiger partial charge in [-0.15, -0.1) is 0 Å². The topological polar surface area (TPSA) is 21.3 Å². The minimum absolute atomic E-state index is 0.597. The van der Waals surface area contributed by atoms with Gasteiger partial charge in [-0.3, -0.25) is 0 Å². The largest absolute Gasteiger partial charge is 0.497 e. The molecule has 18 heavy (non-hydrogen) atoms. The maximum absolute atomic E-state index is 5.28. The summed E-state index contributed by atoms with van der Waals surface area (Å²) in [7, 11) is 1.73. The SMILES string of the molecule is CCC(Cc1cccc(OC)c1)NC1CCCC1. The van der Waals surface area contributed by atoms with E-state index in [1.807, 2.05) is 6.07 Å². The Morgan fingerprint density at radius 2 is 2.11 bits per heavy atom. The number of benzene rings is 1. The van der Waals surface area contributed by atoms with Crippen LogP contribution in [0.1, 0.15) is 44.6 Å². The molecule has 1 saturated carbocycles. The summed E-state index contributed by atoms with van der Waals surface area (Å²) in [5.41, 5.74) is 1.37. The van der Waals surface area contributed by atoms with E-state index in [9.17, 15) is 0 Å². The van der Waals surface area contributed by atoms with Crippen LogP contribution in [0.25, 0.3) is 0 Å². The zero-order chi connectivity index (χ0) is 12.8. The highest BCUT2D eigenvalue weighted by molar-refractivity contribution is 5.28. The summed E-state index contributed by atoms with van der Waals surface area (Å²) in [6.07, 6.45) is 7.79. The lowest BCUT2D eigenvalue weighted by atomic mass is 10.0. The molecule has 1 fully saturated rings. The Labute approximate surface area is 111 Å². The second-order valence-corrected chi connectivity index (χ2v) is 5.31. The number of hydrogen-bond acceptors (Lipinski definition) is 2. The fourth-order valence-corrected chi connectivity index (χ4v) is 2.83. The summed E-state index contributed by atoms with van der Waals surface area (Å²) in [6.45, 7) is 2.27. The van der Waals surface area contributed by atoms with E-state index in [2.05, 4.69) is 30.4 Å². The van der Waals surface area contributed by atoms with Crippen LogP contribution in [0, 0.1) is 0 Å². The lowest BCUT2D eigenvalue weighted by Crippen LogP contribution is -2.37. The molecule has 1 aliphatic rings. The highest BCUT2D eigenvalue weighted by Crippen LogP contribution is 2.20. The van der Waals surface area contributed by atoms with Crippen molar-refractivity contribution in [2.75, 3.05) is 7.11 Å². The molecule has 0 bridgehead atoms. The number of nitrogens with one attached hydrogen (secondary N) is 1. The Kier molecular flexibility index (Phi) is 5.06. The Morgan fingerprint density at radius 1 is 1.33 bits per heavy atom. The van der Waals surface area contributed by atoms with Gasteiger partial charge < -0.3 is 10.1 Å².